The van der Waals surface area contributed by atoms with E-state index in [-0.39, 0.29) is 0 Å². The quantitative estimate of drug-likeness (QED) is 0.365. The summed E-state index contributed by atoms with van der Waals surface area (Å²) in [6.45, 7) is 2.15. The van der Waals surface area contributed by atoms with Gasteiger partial charge in [-0.15, -0.1) is 0 Å². The highest BCUT2D eigenvalue weighted by Crippen LogP contribution is 1.84. The molecule has 1 unspecified atom stereocenters. The van der Waals surface area contributed by atoms with Crippen molar-refractivity contribution in [3.63, 3.8) is 0 Å². The number of aliphatic carboxylic acids is 1. The van der Waals surface area contributed by atoms with Gasteiger partial charge in [-0.25, -0.2) is 0 Å². The molecule has 5 heteroatoms. The topological polar surface area (TPSA) is 87.4 Å². The lowest BCUT2D eigenvalue weighted by atomic mass is 10.2. The van der Waals surface area contributed by atoms with Crippen molar-refractivity contribution in [3.8, 4) is 0 Å². The first-order valence-electron chi connectivity index (χ1n) is 3.55. The predicted octanol–water partition coefficient (Wildman–Crippen LogP) is -1.79. The van der Waals surface area contributed by atoms with Gasteiger partial charge < -0.3 is 21.5 Å². The average Bonchev–Trinajstić information content (AvgIpc) is 2.10. The molecule has 0 aromatic rings. The number of nitrogens with two attached hydrogens (primary N) is 1. The van der Waals surface area contributed by atoms with Crippen molar-refractivity contribution < 1.29 is 9.90 Å². The fourth-order valence-electron chi connectivity index (χ4n) is 0.828. The van der Waals surface area contributed by atoms with Crippen LogP contribution in [0.3, 0.4) is 0 Å². The maximum absolute atomic E-state index is 10.3. The summed E-state index contributed by atoms with van der Waals surface area (Å²) in [5, 5.41) is 14.3. The lowest BCUT2D eigenvalue weighted by Gasteiger charge is -2.20. The number of carbonyl (C=O) groups is 1. The van der Waals surface area contributed by atoms with Crippen molar-refractivity contribution in [2.24, 2.45) is 5.73 Å². The number of carboxylic acids is 1. The minimum Gasteiger partial charge on any atom is -0.480 e. The Morgan fingerprint density at radius 3 is 2.45 bits per heavy atom. The molecule has 0 amide bonds. The molecule has 1 rings (SSSR count). The molecule has 0 bridgehead atoms. The average molecular weight is 161 g/mol. The molecule has 11 heavy (non-hydrogen) atoms. The first kappa shape index (κ1) is 10.3. The Balaban J connectivity index is 0.000000461. The van der Waals surface area contributed by atoms with Crippen LogP contribution in [-0.2, 0) is 4.79 Å². The standard InChI is InChI=1S/C5H10N2O2.CH5N/c8-5(9)4-3-6-1-2-7-4;1-2/h4,6-7H,1-3H2,(H,8,9);2H2,1H3. The molecule has 1 heterocycles. The van der Waals surface area contributed by atoms with E-state index < -0.39 is 12.0 Å². The Hall–Kier alpha value is -0.650. The van der Waals surface area contributed by atoms with Crippen LogP contribution in [-0.4, -0.2) is 43.8 Å². The lowest BCUT2D eigenvalue weighted by molar-refractivity contribution is -0.139. The Kier molecular flexibility index (Phi) is 5.73. The van der Waals surface area contributed by atoms with Crippen molar-refractivity contribution in [2.75, 3.05) is 26.7 Å². The summed E-state index contributed by atoms with van der Waals surface area (Å²) in [6.07, 6.45) is 0. The Bertz CT molecular complexity index is 112. The van der Waals surface area contributed by atoms with Gasteiger partial charge in [-0.2, -0.15) is 0 Å². The third-order valence-electron chi connectivity index (χ3n) is 1.34. The van der Waals surface area contributed by atoms with Crippen LogP contribution in [0.2, 0.25) is 0 Å². The maximum Gasteiger partial charge on any atom is 0.322 e. The molecule has 0 aromatic heterocycles. The molecule has 5 nitrogen and oxygen atoms in total. The lowest BCUT2D eigenvalue weighted by Crippen LogP contribution is -2.52. The van der Waals surface area contributed by atoms with E-state index in [1.807, 2.05) is 0 Å². The number of piperazine rings is 1. The molecule has 1 aliphatic heterocycles. The van der Waals surface area contributed by atoms with Crippen LogP contribution in [0.1, 0.15) is 0 Å². The molecular weight excluding hydrogens is 146 g/mol. The van der Waals surface area contributed by atoms with Crippen LogP contribution in [0.5, 0.6) is 0 Å². The second kappa shape index (κ2) is 6.09. The summed E-state index contributed by atoms with van der Waals surface area (Å²) < 4.78 is 0. The molecule has 5 N–H and O–H groups in total. The van der Waals surface area contributed by atoms with E-state index >= 15 is 0 Å². The summed E-state index contributed by atoms with van der Waals surface area (Å²) >= 11 is 0. The van der Waals surface area contributed by atoms with Crippen LogP contribution in [0.25, 0.3) is 0 Å². The highest BCUT2D eigenvalue weighted by molar-refractivity contribution is 5.73. The fourth-order valence-corrected chi connectivity index (χ4v) is 0.828. The van der Waals surface area contributed by atoms with Gasteiger partial charge in [0.1, 0.15) is 6.04 Å². The smallest absolute Gasteiger partial charge is 0.322 e. The van der Waals surface area contributed by atoms with Crippen LogP contribution in [0, 0.1) is 0 Å². The van der Waals surface area contributed by atoms with E-state index in [9.17, 15) is 4.79 Å². The van der Waals surface area contributed by atoms with Crippen molar-refractivity contribution in [1.82, 2.24) is 10.6 Å². The number of nitrogens with one attached hydrogen (secondary N) is 2. The molecule has 66 valence electrons. The maximum atomic E-state index is 10.3. The van der Waals surface area contributed by atoms with E-state index in [2.05, 4.69) is 16.4 Å². The minimum absolute atomic E-state index is 0.390. The van der Waals surface area contributed by atoms with E-state index in [1.165, 1.54) is 7.05 Å². The molecule has 1 saturated heterocycles. The van der Waals surface area contributed by atoms with Gasteiger partial charge in [0.25, 0.3) is 0 Å². The third-order valence-corrected chi connectivity index (χ3v) is 1.34. The predicted molar refractivity (Wildman–Crippen MR) is 42.4 cm³/mol. The van der Waals surface area contributed by atoms with Gasteiger partial charge in [0.2, 0.25) is 0 Å². The SMILES string of the molecule is CN.O=C(O)C1CNCCN1. The van der Waals surface area contributed by atoms with Crippen LogP contribution >= 0.6 is 0 Å². The number of carboxylic acid groups (broad SMARTS) is 1. The summed E-state index contributed by atoms with van der Waals surface area (Å²) in [6, 6.07) is -0.390. The Morgan fingerprint density at radius 2 is 2.18 bits per heavy atom. The number of rotatable bonds is 1. The monoisotopic (exact) mass is 161 g/mol. The molecule has 1 atom stereocenters. The van der Waals surface area contributed by atoms with Gasteiger partial charge in [-0.1, -0.05) is 0 Å². The summed E-state index contributed by atoms with van der Waals surface area (Å²) in [5.74, 6) is -0.776. The summed E-state index contributed by atoms with van der Waals surface area (Å²) in [4.78, 5) is 10.3. The van der Waals surface area contributed by atoms with E-state index in [0.717, 1.165) is 13.1 Å². The molecule has 0 aliphatic carbocycles. The van der Waals surface area contributed by atoms with Crippen LogP contribution < -0.4 is 16.4 Å². The zero-order valence-electron chi connectivity index (χ0n) is 6.63. The van der Waals surface area contributed by atoms with Gasteiger partial charge in [0, 0.05) is 19.6 Å². The highest BCUT2D eigenvalue weighted by Gasteiger charge is 2.18. The first-order valence-corrected chi connectivity index (χ1v) is 3.55. The first-order chi connectivity index (χ1) is 5.30. The third kappa shape index (κ3) is 3.92. The molecule has 1 fully saturated rings. The van der Waals surface area contributed by atoms with E-state index in [1.54, 1.807) is 0 Å². The van der Waals surface area contributed by atoms with Gasteiger partial charge in [-0.3, -0.25) is 4.79 Å². The van der Waals surface area contributed by atoms with Crippen LogP contribution in [0.4, 0.5) is 0 Å². The van der Waals surface area contributed by atoms with Gasteiger partial charge >= 0.3 is 5.97 Å². The molecule has 0 saturated carbocycles. The van der Waals surface area contributed by atoms with Gasteiger partial charge in [0.15, 0.2) is 0 Å². The zero-order valence-corrected chi connectivity index (χ0v) is 6.63. The normalized spacial score (nSPS) is 23.3. The fraction of sp³-hybridized carbons (Fsp3) is 0.833. The number of hydrogen-bond acceptors (Lipinski definition) is 4. The number of hydrogen-bond donors (Lipinski definition) is 4. The highest BCUT2D eigenvalue weighted by atomic mass is 16.4. The second-order valence-corrected chi connectivity index (χ2v) is 2.05. The Labute approximate surface area is 66.0 Å². The Morgan fingerprint density at radius 1 is 1.55 bits per heavy atom. The van der Waals surface area contributed by atoms with Gasteiger partial charge in [-0.05, 0) is 7.05 Å². The minimum atomic E-state index is -0.776. The summed E-state index contributed by atoms with van der Waals surface area (Å²) in [5.41, 5.74) is 4.50. The largest absolute Gasteiger partial charge is 0.480 e. The van der Waals surface area contributed by atoms with Crippen molar-refractivity contribution >= 4 is 5.97 Å². The van der Waals surface area contributed by atoms with Crippen molar-refractivity contribution in [2.45, 2.75) is 6.04 Å². The molecule has 0 spiro atoms. The second-order valence-electron chi connectivity index (χ2n) is 2.05. The molecule has 1 aliphatic rings. The van der Waals surface area contributed by atoms with E-state index in [0.29, 0.717) is 6.54 Å². The molecule has 0 aromatic carbocycles. The van der Waals surface area contributed by atoms with Crippen molar-refractivity contribution in [3.05, 3.63) is 0 Å². The van der Waals surface area contributed by atoms with Crippen molar-refractivity contribution in [1.29, 1.82) is 0 Å². The molecular formula is C6H15N3O2. The zero-order chi connectivity index (χ0) is 8.69. The van der Waals surface area contributed by atoms with E-state index in [4.69, 9.17) is 5.11 Å². The van der Waals surface area contributed by atoms with Crippen LogP contribution in [0.15, 0.2) is 0 Å². The molecule has 0 radical (unpaired) electrons. The summed E-state index contributed by atoms with van der Waals surface area (Å²) in [7, 11) is 1.50. The van der Waals surface area contributed by atoms with Gasteiger partial charge in [0.05, 0.1) is 0 Å².